The van der Waals surface area contributed by atoms with Crippen molar-refractivity contribution in [3.63, 3.8) is 0 Å². The van der Waals surface area contributed by atoms with Crippen LogP contribution in [-0.2, 0) is 11.8 Å². The number of amides is 2. The summed E-state index contributed by atoms with van der Waals surface area (Å²) < 4.78 is 0. The molecule has 1 N–H and O–H groups in total. The fourth-order valence-corrected chi connectivity index (χ4v) is 6.19. The number of fused-ring (bicyclic) bond motifs is 4. The average molecular weight is 433 g/mol. The molecule has 1 aliphatic carbocycles. The molecule has 0 radical (unpaired) electrons. The third-order valence-electron chi connectivity index (χ3n) is 8.66. The largest absolute Gasteiger partial charge is 0.508 e. The van der Waals surface area contributed by atoms with Crippen LogP contribution in [0.25, 0.3) is 0 Å². The molecule has 0 unspecified atom stereocenters. The van der Waals surface area contributed by atoms with Gasteiger partial charge in [0.1, 0.15) is 5.75 Å². The van der Waals surface area contributed by atoms with E-state index in [4.69, 9.17) is 0 Å². The van der Waals surface area contributed by atoms with E-state index in [9.17, 15) is 14.7 Å². The summed E-state index contributed by atoms with van der Waals surface area (Å²) >= 11 is 0. The molecule has 168 valence electrons. The van der Waals surface area contributed by atoms with E-state index in [0.29, 0.717) is 29.8 Å². The monoisotopic (exact) mass is 432 g/mol. The van der Waals surface area contributed by atoms with Gasteiger partial charge in [0.2, 0.25) is 0 Å². The highest BCUT2D eigenvalue weighted by Gasteiger charge is 2.57. The molecule has 32 heavy (non-hydrogen) atoms. The fraction of sp³-hybridized carbons (Fsp3) is 0.481. The van der Waals surface area contributed by atoms with E-state index in [2.05, 4.69) is 26.8 Å². The number of carbonyl (C=O) groups excluding carboxylic acids is 2. The van der Waals surface area contributed by atoms with Crippen molar-refractivity contribution >= 4 is 11.8 Å². The first-order valence-corrected chi connectivity index (χ1v) is 11.8. The van der Waals surface area contributed by atoms with Crippen LogP contribution in [0.3, 0.4) is 0 Å². The van der Waals surface area contributed by atoms with Crippen LogP contribution in [0.4, 0.5) is 0 Å². The van der Waals surface area contributed by atoms with E-state index in [1.165, 1.54) is 5.56 Å². The molecule has 0 spiro atoms. The number of carbonyl (C=O) groups is 2. The van der Waals surface area contributed by atoms with Gasteiger partial charge in [-0.3, -0.25) is 9.59 Å². The van der Waals surface area contributed by atoms with Gasteiger partial charge in [-0.15, -0.1) is 0 Å². The van der Waals surface area contributed by atoms with Crippen LogP contribution in [0, 0.1) is 5.41 Å². The zero-order valence-corrected chi connectivity index (χ0v) is 19.2. The third-order valence-corrected chi connectivity index (χ3v) is 8.66. The van der Waals surface area contributed by atoms with Gasteiger partial charge in [0.05, 0.1) is 0 Å². The smallest absolute Gasteiger partial charge is 0.254 e. The second-order valence-corrected chi connectivity index (χ2v) is 10.4. The lowest BCUT2D eigenvalue weighted by Crippen LogP contribution is -2.64. The molecule has 2 fully saturated rings. The summed E-state index contributed by atoms with van der Waals surface area (Å²) in [5, 5.41) is 10.6. The predicted molar refractivity (Wildman–Crippen MR) is 124 cm³/mol. The molecule has 2 saturated heterocycles. The molecule has 3 aliphatic rings. The Balaban J connectivity index is 1.43. The van der Waals surface area contributed by atoms with E-state index in [-0.39, 0.29) is 28.7 Å². The van der Waals surface area contributed by atoms with Crippen LogP contribution >= 0.6 is 0 Å². The molecule has 2 aromatic carbocycles. The summed E-state index contributed by atoms with van der Waals surface area (Å²) in [6.45, 7) is 9.10. The molecule has 0 saturated carbocycles. The Kier molecular flexibility index (Phi) is 4.84. The average Bonchev–Trinajstić information content (AvgIpc) is 3.31. The molecule has 0 aromatic heterocycles. The van der Waals surface area contributed by atoms with Crippen LogP contribution in [-0.4, -0.2) is 52.4 Å². The molecule has 5 heteroatoms. The van der Waals surface area contributed by atoms with E-state index < -0.39 is 0 Å². The van der Waals surface area contributed by atoms with Crippen molar-refractivity contribution in [3.8, 4) is 5.75 Å². The van der Waals surface area contributed by atoms with Gasteiger partial charge >= 0.3 is 0 Å². The minimum atomic E-state index is -0.132. The maximum atomic E-state index is 13.6. The van der Waals surface area contributed by atoms with Crippen LogP contribution in [0.5, 0.6) is 5.75 Å². The molecular formula is C27H32N2O3. The van der Waals surface area contributed by atoms with Gasteiger partial charge in [-0.2, -0.15) is 0 Å². The highest BCUT2D eigenvalue weighted by atomic mass is 16.3. The first-order chi connectivity index (χ1) is 15.2. The number of rotatable bonds is 2. The lowest BCUT2D eigenvalue weighted by molar-refractivity contribution is -0.0266. The summed E-state index contributed by atoms with van der Waals surface area (Å²) in [7, 11) is 0. The molecule has 5 rings (SSSR count). The summed E-state index contributed by atoms with van der Waals surface area (Å²) in [5.41, 5.74) is 3.22. The van der Waals surface area contributed by atoms with Crippen LogP contribution < -0.4 is 0 Å². The first kappa shape index (κ1) is 21.0. The number of hydrogen-bond acceptors (Lipinski definition) is 3. The number of aromatic hydroxyl groups is 1. The lowest BCUT2D eigenvalue weighted by Gasteiger charge is -2.60. The Morgan fingerprint density at radius 1 is 0.906 bits per heavy atom. The highest BCUT2D eigenvalue weighted by molar-refractivity contribution is 5.98. The number of piperidine rings is 1. The fourth-order valence-electron chi connectivity index (χ4n) is 6.19. The van der Waals surface area contributed by atoms with Crippen molar-refractivity contribution in [2.45, 2.75) is 57.9 Å². The topological polar surface area (TPSA) is 60.9 Å². The van der Waals surface area contributed by atoms with Crippen molar-refractivity contribution in [2.75, 3.05) is 19.6 Å². The Morgan fingerprint density at radius 3 is 2.19 bits per heavy atom. The van der Waals surface area contributed by atoms with Crippen LogP contribution in [0.1, 0.15) is 71.9 Å². The Bertz CT molecular complexity index is 1070. The molecule has 2 amide bonds. The van der Waals surface area contributed by atoms with Gasteiger partial charge in [0.15, 0.2) is 0 Å². The van der Waals surface area contributed by atoms with E-state index in [1.807, 2.05) is 15.9 Å². The van der Waals surface area contributed by atoms with E-state index in [1.54, 1.807) is 30.3 Å². The molecular weight excluding hydrogens is 400 g/mol. The molecule has 5 nitrogen and oxygen atoms in total. The van der Waals surface area contributed by atoms with Gasteiger partial charge in [0.25, 0.3) is 11.8 Å². The Hall–Kier alpha value is -2.82. The van der Waals surface area contributed by atoms with Crippen molar-refractivity contribution in [1.82, 2.24) is 9.80 Å². The Labute approximate surface area is 190 Å². The number of hydrogen-bond donors (Lipinski definition) is 1. The van der Waals surface area contributed by atoms with E-state index in [0.717, 1.165) is 37.9 Å². The van der Waals surface area contributed by atoms with Gasteiger partial charge in [-0.1, -0.05) is 32.9 Å². The predicted octanol–water partition coefficient (Wildman–Crippen LogP) is 4.38. The van der Waals surface area contributed by atoms with Crippen molar-refractivity contribution in [1.29, 1.82) is 0 Å². The van der Waals surface area contributed by atoms with Gasteiger partial charge in [0, 0.05) is 42.2 Å². The first-order valence-electron chi connectivity index (χ1n) is 11.8. The van der Waals surface area contributed by atoms with Crippen LogP contribution in [0.15, 0.2) is 42.5 Å². The molecule has 2 aliphatic heterocycles. The number of nitrogens with zero attached hydrogens (tertiary/aromatic N) is 2. The quantitative estimate of drug-likeness (QED) is 0.766. The zero-order chi connectivity index (χ0) is 22.7. The molecule has 2 aromatic rings. The molecule has 2 heterocycles. The van der Waals surface area contributed by atoms with Crippen molar-refractivity contribution < 1.29 is 14.7 Å². The highest BCUT2D eigenvalue weighted by Crippen LogP contribution is 2.57. The van der Waals surface area contributed by atoms with Crippen molar-refractivity contribution in [3.05, 3.63) is 64.7 Å². The van der Waals surface area contributed by atoms with Gasteiger partial charge < -0.3 is 14.9 Å². The number of phenols is 1. The number of phenolic OH excluding ortho intramolecular Hbond substituents is 1. The standard InChI is InChI=1S/C27H32N2O3/c1-26(2)23-17-20-21(7-6-8-22(20)30)27(26,3)13-16-29(23)25(32)19-11-9-18(10-12-19)24(31)28-14-4-5-15-28/h6-12,23,30H,4-5,13-17H2,1-3H3/t23-,27+/m1/s1. The lowest BCUT2D eigenvalue weighted by atomic mass is 9.51. The maximum Gasteiger partial charge on any atom is 0.254 e. The third kappa shape index (κ3) is 2.97. The minimum absolute atomic E-state index is 0.000424. The number of benzene rings is 2. The Morgan fingerprint density at radius 2 is 1.53 bits per heavy atom. The zero-order valence-electron chi connectivity index (χ0n) is 19.2. The second-order valence-electron chi connectivity index (χ2n) is 10.4. The summed E-state index contributed by atoms with van der Waals surface area (Å²) in [4.78, 5) is 30.1. The second kappa shape index (κ2) is 7.36. The molecule has 2 atom stereocenters. The van der Waals surface area contributed by atoms with Gasteiger partial charge in [-0.05, 0) is 72.6 Å². The summed E-state index contributed by atoms with van der Waals surface area (Å²) in [6, 6.07) is 13.0. The number of likely N-dealkylation sites (tertiary alicyclic amines) is 2. The van der Waals surface area contributed by atoms with Gasteiger partial charge in [-0.25, -0.2) is 0 Å². The van der Waals surface area contributed by atoms with Crippen LogP contribution in [0.2, 0.25) is 0 Å². The SMILES string of the molecule is CC1(C)[C@H]2Cc3c(O)cccc3[C@]1(C)CCN2C(=O)c1ccc(C(=O)N2CCCC2)cc1. The molecule has 2 bridgehead atoms. The summed E-state index contributed by atoms with van der Waals surface area (Å²) in [5.74, 6) is 0.383. The maximum absolute atomic E-state index is 13.6. The van der Waals surface area contributed by atoms with E-state index >= 15 is 0 Å². The summed E-state index contributed by atoms with van der Waals surface area (Å²) in [6.07, 6.45) is 3.63. The minimum Gasteiger partial charge on any atom is -0.508 e. The van der Waals surface area contributed by atoms with Crippen molar-refractivity contribution in [2.24, 2.45) is 5.41 Å². The normalized spacial score (nSPS) is 26.0.